The zero-order valence-corrected chi connectivity index (χ0v) is 17.3. The van der Waals surface area contributed by atoms with E-state index in [0.717, 1.165) is 36.2 Å². The van der Waals surface area contributed by atoms with Crippen LogP contribution in [0.25, 0.3) is 0 Å². The number of nitriles is 1. The number of ketones is 1. The van der Waals surface area contributed by atoms with E-state index in [9.17, 15) is 15.2 Å². The van der Waals surface area contributed by atoms with E-state index in [0.29, 0.717) is 33.7 Å². The van der Waals surface area contributed by atoms with Gasteiger partial charge in [-0.3, -0.25) is 4.79 Å². The second kappa shape index (κ2) is 7.77. The molecule has 6 heteroatoms. The van der Waals surface area contributed by atoms with Crippen molar-refractivity contribution >= 4 is 21.7 Å². The number of allylic oxidation sites excluding steroid dienone is 4. The summed E-state index contributed by atoms with van der Waals surface area (Å²) in [6.07, 6.45) is 3.39. The maximum Gasteiger partial charge on any atom is 0.172 e. The summed E-state index contributed by atoms with van der Waals surface area (Å²) in [5.41, 5.74) is 3.65. The average Bonchev–Trinajstić information content (AvgIpc) is 2.63. The summed E-state index contributed by atoms with van der Waals surface area (Å²) in [6.45, 7) is 4.00. The zero-order chi connectivity index (χ0) is 19.7. The number of phenols is 1. The molecule has 1 heterocycles. The van der Waals surface area contributed by atoms with Gasteiger partial charge in [-0.2, -0.15) is 5.26 Å². The molecule has 0 saturated heterocycles. The van der Waals surface area contributed by atoms with Crippen LogP contribution in [0, 0.1) is 17.2 Å². The monoisotopic (exact) mass is 430 g/mol. The van der Waals surface area contributed by atoms with Gasteiger partial charge in [-0.05, 0) is 59.3 Å². The van der Waals surface area contributed by atoms with Crippen LogP contribution in [0.4, 0.5) is 0 Å². The van der Waals surface area contributed by atoms with E-state index >= 15 is 0 Å². The molecule has 0 aromatic heterocycles. The summed E-state index contributed by atoms with van der Waals surface area (Å²) in [5.74, 6) is 0.290. The number of aromatic hydroxyl groups is 1. The highest BCUT2D eigenvalue weighted by Gasteiger charge is 2.38. The number of hydrogen-bond acceptors (Lipinski definition) is 5. The lowest BCUT2D eigenvalue weighted by atomic mass is 9.72. The van der Waals surface area contributed by atoms with Crippen molar-refractivity contribution in [2.24, 2.45) is 5.92 Å². The Labute approximate surface area is 167 Å². The lowest BCUT2D eigenvalue weighted by Crippen LogP contribution is -2.34. The van der Waals surface area contributed by atoms with Gasteiger partial charge in [0.05, 0.1) is 29.1 Å². The highest BCUT2D eigenvalue weighted by atomic mass is 79.9. The number of methoxy groups -OCH3 is 1. The van der Waals surface area contributed by atoms with Gasteiger partial charge in [-0.15, -0.1) is 0 Å². The molecular weight excluding hydrogens is 408 g/mol. The molecule has 2 N–H and O–H groups in total. The summed E-state index contributed by atoms with van der Waals surface area (Å²) in [5, 5.41) is 23.2. The molecule has 0 bridgehead atoms. The molecule has 0 saturated carbocycles. The second-order valence-corrected chi connectivity index (χ2v) is 7.99. The Morgan fingerprint density at radius 1 is 1.41 bits per heavy atom. The lowest BCUT2D eigenvalue weighted by molar-refractivity contribution is -0.117. The van der Waals surface area contributed by atoms with Gasteiger partial charge in [-0.25, -0.2) is 0 Å². The summed E-state index contributed by atoms with van der Waals surface area (Å²) in [6, 6.07) is 5.74. The largest absolute Gasteiger partial charge is 0.503 e. The first-order valence-corrected chi connectivity index (χ1v) is 9.91. The molecule has 0 amide bonds. The summed E-state index contributed by atoms with van der Waals surface area (Å²) < 4.78 is 5.74. The van der Waals surface area contributed by atoms with Crippen molar-refractivity contribution in [2.75, 3.05) is 7.11 Å². The molecule has 1 aromatic rings. The quantitative estimate of drug-likeness (QED) is 0.724. The number of carbonyl (C=O) groups excluding carboxylic acids is 1. The molecule has 0 fully saturated rings. The number of nitrogens with one attached hydrogen (secondary N) is 1. The highest BCUT2D eigenvalue weighted by Crippen LogP contribution is 2.46. The van der Waals surface area contributed by atoms with E-state index in [2.05, 4.69) is 34.2 Å². The molecule has 1 aliphatic heterocycles. The topological polar surface area (TPSA) is 82.4 Å². The smallest absolute Gasteiger partial charge is 0.172 e. The Bertz CT molecular complexity index is 895. The van der Waals surface area contributed by atoms with Gasteiger partial charge >= 0.3 is 0 Å². The molecule has 3 rings (SSSR count). The third-order valence-corrected chi connectivity index (χ3v) is 5.94. The third kappa shape index (κ3) is 3.49. The van der Waals surface area contributed by atoms with Crippen molar-refractivity contribution in [2.45, 2.75) is 45.4 Å². The van der Waals surface area contributed by atoms with Gasteiger partial charge in [-0.1, -0.05) is 13.3 Å². The fourth-order valence-electron chi connectivity index (χ4n) is 4.13. The number of ether oxygens (including phenoxy) is 1. The number of carbonyl (C=O) groups is 1. The lowest BCUT2D eigenvalue weighted by Gasteiger charge is -2.35. The van der Waals surface area contributed by atoms with Crippen molar-refractivity contribution in [3.63, 3.8) is 0 Å². The highest BCUT2D eigenvalue weighted by molar-refractivity contribution is 9.10. The van der Waals surface area contributed by atoms with E-state index < -0.39 is 5.92 Å². The second-order valence-electron chi connectivity index (χ2n) is 7.14. The number of halogens is 1. The van der Waals surface area contributed by atoms with Crippen LogP contribution in [0.5, 0.6) is 11.5 Å². The Balaban J connectivity index is 2.16. The molecular formula is C21H23BrN2O3. The molecule has 0 radical (unpaired) electrons. The van der Waals surface area contributed by atoms with E-state index in [1.165, 1.54) is 7.11 Å². The van der Waals surface area contributed by atoms with Crippen LogP contribution in [0.2, 0.25) is 0 Å². The Morgan fingerprint density at radius 3 is 2.78 bits per heavy atom. The van der Waals surface area contributed by atoms with Gasteiger partial charge in [0.25, 0.3) is 0 Å². The molecule has 27 heavy (non-hydrogen) atoms. The Hall–Kier alpha value is -2.26. The molecule has 142 valence electrons. The van der Waals surface area contributed by atoms with Crippen molar-refractivity contribution in [3.8, 4) is 17.6 Å². The number of dihydropyridines is 1. The van der Waals surface area contributed by atoms with Gasteiger partial charge < -0.3 is 15.2 Å². The number of phenolic OH excluding ortho intramolecular Hbond substituents is 1. The van der Waals surface area contributed by atoms with Crippen molar-refractivity contribution in [1.82, 2.24) is 5.32 Å². The number of rotatable bonds is 4. The van der Waals surface area contributed by atoms with Gasteiger partial charge in [0.1, 0.15) is 0 Å². The first-order chi connectivity index (χ1) is 12.9. The van der Waals surface area contributed by atoms with Gasteiger partial charge in [0, 0.05) is 23.4 Å². The van der Waals surface area contributed by atoms with Crippen LogP contribution in [0.15, 0.2) is 39.1 Å². The van der Waals surface area contributed by atoms with Crippen LogP contribution < -0.4 is 10.1 Å². The Morgan fingerprint density at radius 2 is 2.15 bits per heavy atom. The van der Waals surface area contributed by atoms with E-state index in [1.807, 2.05) is 6.92 Å². The van der Waals surface area contributed by atoms with Crippen LogP contribution in [0.1, 0.15) is 51.0 Å². The summed E-state index contributed by atoms with van der Waals surface area (Å²) in [4.78, 5) is 13.0. The molecule has 5 nitrogen and oxygen atoms in total. The van der Waals surface area contributed by atoms with Crippen molar-refractivity contribution in [3.05, 3.63) is 44.7 Å². The molecule has 2 aliphatic rings. The van der Waals surface area contributed by atoms with Crippen LogP contribution in [-0.4, -0.2) is 18.0 Å². The van der Waals surface area contributed by atoms with Crippen LogP contribution >= 0.6 is 15.9 Å². The fourth-order valence-corrected chi connectivity index (χ4v) is 4.59. The van der Waals surface area contributed by atoms with Crippen LogP contribution in [0.3, 0.4) is 0 Å². The predicted octanol–water partition coefficient (Wildman–Crippen LogP) is 4.68. The normalized spacial score (nSPS) is 22.3. The molecule has 0 spiro atoms. The number of hydrogen-bond donors (Lipinski definition) is 2. The standard InChI is InChI=1S/C21H23BrN2O3/c1-4-5-12-6-16-20(17(25)7-12)19(14(10-23)11(2)24-16)13-8-15(22)21(26)18(9-13)27-3/h8-9,12,19,24,26H,4-7H2,1-3H3. The van der Waals surface area contributed by atoms with E-state index in [-0.39, 0.29) is 11.5 Å². The average molecular weight is 431 g/mol. The zero-order valence-electron chi connectivity index (χ0n) is 15.7. The fraction of sp³-hybridized carbons (Fsp3) is 0.429. The van der Waals surface area contributed by atoms with Crippen molar-refractivity contribution < 1.29 is 14.6 Å². The summed E-state index contributed by atoms with van der Waals surface area (Å²) >= 11 is 3.35. The van der Waals surface area contributed by atoms with E-state index in [4.69, 9.17) is 4.74 Å². The SMILES string of the molecule is CCCC1CC(=O)C2=C(C1)NC(C)=C(C#N)C2c1cc(Br)c(O)c(OC)c1. The van der Waals surface area contributed by atoms with E-state index in [1.54, 1.807) is 12.1 Å². The summed E-state index contributed by atoms with van der Waals surface area (Å²) in [7, 11) is 1.48. The molecule has 1 aromatic carbocycles. The number of Topliss-reactive ketones (excluding diaryl/α,β-unsaturated/α-hetero) is 1. The molecule has 1 aliphatic carbocycles. The minimum Gasteiger partial charge on any atom is -0.503 e. The number of benzene rings is 1. The van der Waals surface area contributed by atoms with Crippen molar-refractivity contribution in [1.29, 1.82) is 5.26 Å². The first-order valence-electron chi connectivity index (χ1n) is 9.11. The van der Waals surface area contributed by atoms with Gasteiger partial charge in [0.2, 0.25) is 0 Å². The molecule has 2 unspecified atom stereocenters. The minimum absolute atomic E-state index is 0.00146. The third-order valence-electron chi connectivity index (χ3n) is 5.33. The number of nitrogens with zero attached hydrogens (tertiary/aromatic N) is 1. The predicted molar refractivity (Wildman–Crippen MR) is 106 cm³/mol. The van der Waals surface area contributed by atoms with Gasteiger partial charge in [0.15, 0.2) is 17.3 Å². The minimum atomic E-state index is -0.452. The van der Waals surface area contributed by atoms with Crippen LogP contribution in [-0.2, 0) is 4.79 Å². The Kier molecular flexibility index (Phi) is 5.61. The first kappa shape index (κ1) is 19.5. The maximum absolute atomic E-state index is 13.0. The maximum atomic E-state index is 13.0. The molecule has 2 atom stereocenters.